The van der Waals surface area contributed by atoms with E-state index in [0.29, 0.717) is 12.8 Å². The molecule has 8 heteroatoms. The van der Waals surface area contributed by atoms with Crippen molar-refractivity contribution in [1.29, 1.82) is 5.26 Å². The summed E-state index contributed by atoms with van der Waals surface area (Å²) < 4.78 is 32.8. The number of ether oxygens (including phenoxy) is 1. The van der Waals surface area contributed by atoms with Crippen molar-refractivity contribution in [2.45, 2.75) is 30.2 Å². The molecule has 0 aromatic carbocycles. The number of ketones is 1. The van der Waals surface area contributed by atoms with Crippen LogP contribution in [0.2, 0.25) is 0 Å². The molecule has 23 heavy (non-hydrogen) atoms. The van der Waals surface area contributed by atoms with E-state index in [9.17, 15) is 13.2 Å². The molecule has 0 N–H and O–H groups in total. The molecule has 1 saturated heterocycles. The van der Waals surface area contributed by atoms with Crippen molar-refractivity contribution < 1.29 is 17.9 Å². The molecule has 1 aromatic rings. The monoisotopic (exact) mass is 335 g/mol. The molecule has 2 atom stereocenters. The van der Waals surface area contributed by atoms with Crippen LogP contribution in [0, 0.1) is 17.2 Å². The van der Waals surface area contributed by atoms with E-state index in [4.69, 9.17) is 10.00 Å². The summed E-state index contributed by atoms with van der Waals surface area (Å²) in [6.45, 7) is 0.660. The zero-order valence-electron chi connectivity index (χ0n) is 12.5. The van der Waals surface area contributed by atoms with Crippen LogP contribution >= 0.6 is 0 Å². The lowest BCUT2D eigenvalue weighted by molar-refractivity contribution is -0.123. The first-order valence-electron chi connectivity index (χ1n) is 7.53. The smallest absolute Gasteiger partial charge is 0.246 e. The molecule has 1 aliphatic carbocycles. The van der Waals surface area contributed by atoms with Crippen molar-refractivity contribution in [2.24, 2.45) is 5.92 Å². The number of nitriles is 1. The Morgan fingerprint density at radius 3 is 2.96 bits per heavy atom. The largest absolute Gasteiger partial charge is 0.378 e. The Bertz CT molecular complexity index is 756. The normalized spacial score (nSPS) is 26.1. The van der Waals surface area contributed by atoms with Crippen LogP contribution in [0.5, 0.6) is 0 Å². The van der Waals surface area contributed by atoms with Crippen LogP contribution in [-0.4, -0.2) is 49.3 Å². The van der Waals surface area contributed by atoms with E-state index in [2.05, 4.69) is 4.98 Å². The van der Waals surface area contributed by atoms with Crippen molar-refractivity contribution in [2.75, 3.05) is 19.8 Å². The van der Waals surface area contributed by atoms with E-state index in [-0.39, 0.29) is 42.0 Å². The van der Waals surface area contributed by atoms with E-state index in [0.717, 1.165) is 6.42 Å². The molecule has 0 radical (unpaired) electrons. The quantitative estimate of drug-likeness (QED) is 0.806. The van der Waals surface area contributed by atoms with E-state index in [1.807, 2.05) is 6.07 Å². The molecule has 2 heterocycles. The molecule has 2 fully saturated rings. The van der Waals surface area contributed by atoms with Gasteiger partial charge in [0.1, 0.15) is 16.7 Å². The predicted molar refractivity (Wildman–Crippen MR) is 79.8 cm³/mol. The van der Waals surface area contributed by atoms with E-state index < -0.39 is 16.1 Å². The zero-order chi connectivity index (χ0) is 16.4. The standard InChI is InChI=1S/C15H17N3O4S/c16-9-12-15(5-2-6-17-12)23(20,21)18-7-8-22-10-13(18)11-3-1-4-14(11)19/h2,5-6,11,13H,1,3-4,7-8,10H2. The van der Waals surface area contributed by atoms with Gasteiger partial charge < -0.3 is 4.74 Å². The molecular weight excluding hydrogens is 318 g/mol. The average Bonchev–Trinajstić information content (AvgIpc) is 3.00. The third-order valence-corrected chi connectivity index (χ3v) is 6.35. The number of morpholine rings is 1. The highest BCUT2D eigenvalue weighted by Gasteiger charge is 2.43. The number of hydrogen-bond donors (Lipinski definition) is 0. The SMILES string of the molecule is N#Cc1ncccc1S(=O)(=O)N1CCOCC1C1CCCC1=O. The number of rotatable bonds is 3. The van der Waals surface area contributed by atoms with Gasteiger partial charge in [-0.3, -0.25) is 4.79 Å². The molecule has 3 rings (SSSR count). The minimum atomic E-state index is -3.90. The summed E-state index contributed by atoms with van der Waals surface area (Å²) in [4.78, 5) is 15.8. The molecule has 1 aromatic heterocycles. The van der Waals surface area contributed by atoms with Gasteiger partial charge in [0.2, 0.25) is 10.0 Å². The van der Waals surface area contributed by atoms with Gasteiger partial charge in [-0.15, -0.1) is 0 Å². The maximum Gasteiger partial charge on any atom is 0.246 e. The number of hydrogen-bond acceptors (Lipinski definition) is 6. The Morgan fingerprint density at radius 2 is 2.26 bits per heavy atom. The van der Waals surface area contributed by atoms with Crippen molar-refractivity contribution in [3.63, 3.8) is 0 Å². The molecule has 1 saturated carbocycles. The molecule has 0 spiro atoms. The van der Waals surface area contributed by atoms with Crippen LogP contribution in [0.4, 0.5) is 0 Å². The highest BCUT2D eigenvalue weighted by Crippen LogP contribution is 2.32. The first-order chi connectivity index (χ1) is 11.1. The van der Waals surface area contributed by atoms with Gasteiger partial charge in [-0.25, -0.2) is 13.4 Å². The first-order valence-corrected chi connectivity index (χ1v) is 8.97. The summed E-state index contributed by atoms with van der Waals surface area (Å²) in [5.41, 5.74) is -0.129. The van der Waals surface area contributed by atoms with Crippen LogP contribution in [0.3, 0.4) is 0 Å². The van der Waals surface area contributed by atoms with E-state index in [1.54, 1.807) is 0 Å². The number of aromatic nitrogens is 1. The Hall–Kier alpha value is -1.82. The highest BCUT2D eigenvalue weighted by molar-refractivity contribution is 7.89. The average molecular weight is 335 g/mol. The summed E-state index contributed by atoms with van der Waals surface area (Å²) in [6, 6.07) is 4.18. The number of sulfonamides is 1. The summed E-state index contributed by atoms with van der Waals surface area (Å²) in [6.07, 6.45) is 3.33. The first kappa shape index (κ1) is 16.1. The Labute approximate surface area is 134 Å². The third kappa shape index (κ3) is 2.87. The predicted octanol–water partition coefficient (Wildman–Crippen LogP) is 0.712. The van der Waals surface area contributed by atoms with Gasteiger partial charge in [0.05, 0.1) is 19.3 Å². The van der Waals surface area contributed by atoms with Crippen molar-refractivity contribution >= 4 is 15.8 Å². The molecule has 0 amide bonds. The number of carbonyl (C=O) groups excluding carboxylic acids is 1. The maximum absolute atomic E-state index is 13.0. The van der Waals surface area contributed by atoms with Crippen molar-refractivity contribution in [3.05, 3.63) is 24.0 Å². The van der Waals surface area contributed by atoms with Crippen molar-refractivity contribution in [3.8, 4) is 6.07 Å². The molecule has 122 valence electrons. The van der Waals surface area contributed by atoms with Crippen LogP contribution in [0.15, 0.2) is 23.2 Å². The summed E-state index contributed by atoms with van der Waals surface area (Å²) in [5.74, 6) is -0.236. The second-order valence-electron chi connectivity index (χ2n) is 5.69. The highest BCUT2D eigenvalue weighted by atomic mass is 32.2. The van der Waals surface area contributed by atoms with Gasteiger partial charge >= 0.3 is 0 Å². The van der Waals surface area contributed by atoms with Crippen LogP contribution in [0.1, 0.15) is 25.0 Å². The van der Waals surface area contributed by atoms with E-state index >= 15 is 0 Å². The summed E-state index contributed by atoms with van der Waals surface area (Å²) >= 11 is 0. The molecule has 2 aliphatic rings. The van der Waals surface area contributed by atoms with Gasteiger partial charge in [-0.05, 0) is 25.0 Å². The third-order valence-electron chi connectivity index (χ3n) is 4.39. The van der Waals surface area contributed by atoms with Gasteiger partial charge in [0, 0.05) is 25.1 Å². The molecule has 7 nitrogen and oxygen atoms in total. The van der Waals surface area contributed by atoms with Crippen LogP contribution in [-0.2, 0) is 19.6 Å². The molecular formula is C15H17N3O4S. The second kappa shape index (κ2) is 6.35. The van der Waals surface area contributed by atoms with Gasteiger partial charge in [-0.2, -0.15) is 9.57 Å². The molecule has 0 bridgehead atoms. The van der Waals surface area contributed by atoms with E-state index in [1.165, 1.54) is 22.6 Å². The van der Waals surface area contributed by atoms with Gasteiger partial charge in [-0.1, -0.05) is 0 Å². The fraction of sp³-hybridized carbons (Fsp3) is 0.533. The fourth-order valence-corrected chi connectivity index (χ4v) is 5.01. The summed E-state index contributed by atoms with van der Waals surface area (Å²) in [5, 5.41) is 9.13. The van der Waals surface area contributed by atoms with Crippen LogP contribution < -0.4 is 0 Å². The van der Waals surface area contributed by atoms with Crippen LogP contribution in [0.25, 0.3) is 0 Å². The minimum absolute atomic E-state index is 0.0902. The minimum Gasteiger partial charge on any atom is -0.378 e. The van der Waals surface area contributed by atoms with Gasteiger partial charge in [0.15, 0.2) is 5.69 Å². The number of nitrogens with zero attached hydrogens (tertiary/aromatic N) is 3. The number of carbonyl (C=O) groups is 1. The lowest BCUT2D eigenvalue weighted by Gasteiger charge is -2.37. The Balaban J connectivity index is 1.99. The molecule has 1 aliphatic heterocycles. The van der Waals surface area contributed by atoms with Gasteiger partial charge in [0.25, 0.3) is 0 Å². The second-order valence-corrected chi connectivity index (χ2v) is 7.54. The lowest BCUT2D eigenvalue weighted by Crippen LogP contribution is -2.53. The number of Topliss-reactive ketones (excluding diaryl/α,β-unsaturated/α-hetero) is 1. The topological polar surface area (TPSA) is 100 Å². The lowest BCUT2D eigenvalue weighted by atomic mass is 9.97. The number of pyridine rings is 1. The zero-order valence-corrected chi connectivity index (χ0v) is 13.3. The van der Waals surface area contributed by atoms with Crippen molar-refractivity contribution in [1.82, 2.24) is 9.29 Å². The fourth-order valence-electron chi connectivity index (χ4n) is 3.28. The maximum atomic E-state index is 13.0. The Morgan fingerprint density at radius 1 is 1.43 bits per heavy atom. The summed E-state index contributed by atoms with van der Waals surface area (Å²) in [7, 11) is -3.90. The Kier molecular flexibility index (Phi) is 4.43. The molecule has 2 unspecified atom stereocenters.